The third-order valence-corrected chi connectivity index (χ3v) is 24.7. The Kier molecular flexibility index (Phi) is 91.7. The zero-order valence-corrected chi connectivity index (χ0v) is 86.3. The predicted octanol–water partition coefficient (Wildman–Crippen LogP) is 27.0. The zero-order chi connectivity index (χ0) is 86.9. The summed E-state index contributed by atoms with van der Waals surface area (Å²) in [7, 11) is -7.83. The van der Waals surface area contributed by atoms with Crippen LogP contribution in [0.5, 0.6) is 0 Å². The van der Waals surface area contributed by atoms with Crippen LogP contribution in [0.15, 0.2) is 74.9 Å². The van der Waals surface area contributed by atoms with E-state index in [0.29, 0.717) is 12.5 Å². The molecule has 4 aromatic rings. The molecule has 0 aliphatic rings. The average Bonchev–Trinajstić information content (AvgIpc) is 1.80. The Labute approximate surface area is 795 Å². The molecule has 0 bridgehead atoms. The van der Waals surface area contributed by atoms with Gasteiger partial charge < -0.3 is 9.11 Å². The minimum Gasteiger partial charge on any atom is -0.748 e. The van der Waals surface area contributed by atoms with Crippen molar-refractivity contribution in [1.82, 2.24) is 18.3 Å². The minimum absolute atomic E-state index is 0. The van der Waals surface area contributed by atoms with Gasteiger partial charge in [-0.2, -0.15) is 0 Å². The summed E-state index contributed by atoms with van der Waals surface area (Å²) in [4.78, 5) is 0. The van der Waals surface area contributed by atoms with Crippen LogP contribution >= 0.6 is 0 Å². The molecule has 704 valence electrons. The number of hydrogen-bond acceptors (Lipinski definition) is 6. The van der Waals surface area contributed by atoms with Gasteiger partial charge in [0.05, 0.1) is 72.6 Å². The first kappa shape index (κ1) is 119. The largest absolute Gasteiger partial charge is 1.00 e. The molecule has 4 rings (SSSR count). The molecule has 4 heterocycles. The third kappa shape index (κ3) is 94.2. The van der Waals surface area contributed by atoms with Crippen molar-refractivity contribution in [3.05, 3.63) is 74.9 Å². The molecule has 0 saturated carbocycles. The molecule has 0 aliphatic carbocycles. The van der Waals surface area contributed by atoms with Crippen molar-refractivity contribution in [2.75, 3.05) is 12.5 Å². The molecule has 0 atom stereocenters. The van der Waals surface area contributed by atoms with E-state index in [0.717, 1.165) is 0 Å². The van der Waals surface area contributed by atoms with Gasteiger partial charge in [0.2, 0.25) is 25.3 Å². The molecule has 0 N–H and O–H groups in total. The number of rotatable bonds is 88. The van der Waals surface area contributed by atoms with Crippen molar-refractivity contribution in [3.8, 4) is 0 Å². The number of aromatic nitrogens is 8. The van der Waals surface area contributed by atoms with Gasteiger partial charge in [-0.25, -0.2) is 53.4 Å². The van der Waals surface area contributed by atoms with Crippen LogP contribution in [0, 0.1) is 0 Å². The Morgan fingerprint density at radius 1 is 0.190 bits per heavy atom. The fraction of sp³-hybridized carbons (Fsp3) is 0.885. The van der Waals surface area contributed by atoms with Crippen molar-refractivity contribution in [3.63, 3.8) is 0 Å². The molecular weight excluding hydrogens is 1560 g/mol. The molecule has 17 heteroatoms. The van der Waals surface area contributed by atoms with E-state index in [1.54, 1.807) is 0 Å². The molecular formula is C104H202KN8O6S2+3. The van der Waals surface area contributed by atoms with Crippen LogP contribution in [0.2, 0.25) is 0 Å². The SMILES string of the molecule is CCCCCCCCCCCCCCCCCCn1cc[n+](CCCCCCCCC[n+]2ccn(CCCCCCCCCCCCCCCCCC)c2)c1.CCCCCCCCCCCCCCCCCCn1cc[n+](CCCCCCCCC[n+]2ccn(CCCCCCCCCCCCCCCCCC)c2)c1.CS(=O)(=O)[O-].CS(=O)(=O)[O-].[K+]. The Morgan fingerprint density at radius 2 is 0.289 bits per heavy atom. The van der Waals surface area contributed by atoms with Crippen LogP contribution in [0.4, 0.5) is 0 Å². The molecule has 0 radical (unpaired) electrons. The average molecular weight is 1760 g/mol. The number of hydrogen-bond donors (Lipinski definition) is 0. The van der Waals surface area contributed by atoms with Gasteiger partial charge in [0.25, 0.3) is 0 Å². The summed E-state index contributed by atoms with van der Waals surface area (Å²) in [5.74, 6) is 0. The first-order valence-electron chi connectivity index (χ1n) is 52.6. The van der Waals surface area contributed by atoms with Crippen molar-refractivity contribution in [1.29, 1.82) is 0 Å². The van der Waals surface area contributed by atoms with Crippen molar-refractivity contribution in [2.45, 2.75) is 581 Å². The molecule has 0 aliphatic heterocycles. The van der Waals surface area contributed by atoms with Gasteiger partial charge in [0.15, 0.2) is 0 Å². The Hall–Kier alpha value is -1.70. The second-order valence-electron chi connectivity index (χ2n) is 37.1. The number of aryl methyl sites for hydroxylation is 8. The molecule has 0 amide bonds. The number of imidazole rings is 4. The predicted molar refractivity (Wildman–Crippen MR) is 513 cm³/mol. The fourth-order valence-electron chi connectivity index (χ4n) is 17.1. The number of nitrogens with zero attached hydrogens (tertiary/aromatic N) is 8. The van der Waals surface area contributed by atoms with E-state index in [4.69, 9.17) is 25.9 Å². The van der Waals surface area contributed by atoms with Crippen molar-refractivity contribution in [2.24, 2.45) is 0 Å². The van der Waals surface area contributed by atoms with Gasteiger partial charge in [-0.15, -0.1) is 0 Å². The van der Waals surface area contributed by atoms with E-state index in [2.05, 4.69) is 139 Å². The summed E-state index contributed by atoms with van der Waals surface area (Å²) in [6.07, 6.45) is 140. The molecule has 121 heavy (non-hydrogen) atoms. The second kappa shape index (κ2) is 93.0. The summed E-state index contributed by atoms with van der Waals surface area (Å²) in [6, 6.07) is 0. The Bertz CT molecular complexity index is 2540. The monoisotopic (exact) mass is 1760 g/mol. The van der Waals surface area contributed by atoms with Gasteiger partial charge in [-0.1, -0.05) is 426 Å². The smallest absolute Gasteiger partial charge is 0.748 e. The van der Waals surface area contributed by atoms with Crippen LogP contribution in [0.1, 0.15) is 529 Å². The standard InChI is InChI=1S/2C51H98N4.2CH4O3S.K/c2*1-3-5-7-9-11-13-15-17-19-21-23-25-27-30-34-38-42-52-46-48-54(50-52)44-40-36-32-29-33-37-41-45-55-49-47-53(51-55)43-39-35-31-28-26-24-22-20-18-16-14-12-10-8-6-4-2;2*1-5(2,3)4;/h2*46-51H,3-45H2,1-2H3;2*1H3,(H,2,3,4);/q2*+2;;;+1/p-2. The Morgan fingerprint density at radius 3 is 0.405 bits per heavy atom. The van der Waals surface area contributed by atoms with Crippen molar-refractivity contribution >= 4 is 20.2 Å². The van der Waals surface area contributed by atoms with Crippen LogP contribution in [-0.2, 0) is 72.6 Å². The van der Waals surface area contributed by atoms with E-state index in [1.807, 2.05) is 0 Å². The van der Waals surface area contributed by atoms with Crippen LogP contribution < -0.4 is 69.7 Å². The second-order valence-corrected chi connectivity index (χ2v) is 39.9. The molecule has 0 fully saturated rings. The first-order chi connectivity index (χ1) is 58.6. The van der Waals surface area contributed by atoms with E-state index in [1.165, 1.54) is 553 Å². The maximum atomic E-state index is 9.08. The van der Waals surface area contributed by atoms with Crippen LogP contribution in [0.25, 0.3) is 0 Å². The molecule has 0 spiro atoms. The normalized spacial score (nSPS) is 11.6. The summed E-state index contributed by atoms with van der Waals surface area (Å²) >= 11 is 0. The first-order valence-corrected chi connectivity index (χ1v) is 56.3. The molecule has 0 unspecified atom stereocenters. The summed E-state index contributed by atoms with van der Waals surface area (Å²) in [5, 5.41) is 0. The van der Waals surface area contributed by atoms with Gasteiger partial charge >= 0.3 is 51.4 Å². The van der Waals surface area contributed by atoms with Gasteiger partial charge in [-0.3, -0.25) is 0 Å². The molecule has 0 aromatic carbocycles. The van der Waals surface area contributed by atoms with E-state index < -0.39 is 20.2 Å². The minimum atomic E-state index is -3.92. The molecule has 0 saturated heterocycles. The van der Waals surface area contributed by atoms with Crippen molar-refractivity contribution < 1.29 is 95.6 Å². The van der Waals surface area contributed by atoms with Crippen LogP contribution in [0.3, 0.4) is 0 Å². The Balaban J connectivity index is 0.00000212. The third-order valence-electron chi connectivity index (χ3n) is 24.7. The quantitative estimate of drug-likeness (QED) is 0.0186. The maximum Gasteiger partial charge on any atom is 1.00 e. The van der Waals surface area contributed by atoms with E-state index in [9.17, 15) is 0 Å². The van der Waals surface area contributed by atoms with E-state index in [-0.39, 0.29) is 51.4 Å². The maximum absolute atomic E-state index is 9.08. The molecule has 4 aromatic heterocycles. The van der Waals surface area contributed by atoms with Gasteiger partial charge in [-0.05, 0) is 103 Å². The van der Waals surface area contributed by atoms with E-state index >= 15 is 0 Å². The fourth-order valence-corrected chi connectivity index (χ4v) is 17.1. The number of unbranched alkanes of at least 4 members (excludes halogenated alkanes) is 72. The van der Waals surface area contributed by atoms with Gasteiger partial charge in [0.1, 0.15) is 49.6 Å². The summed E-state index contributed by atoms with van der Waals surface area (Å²) in [6.45, 7) is 18.7. The van der Waals surface area contributed by atoms with Crippen LogP contribution in [-0.4, -0.2) is 56.7 Å². The summed E-state index contributed by atoms with van der Waals surface area (Å²) < 4.78 is 73.8. The zero-order valence-electron chi connectivity index (χ0n) is 81.6. The molecule has 14 nitrogen and oxygen atoms in total. The van der Waals surface area contributed by atoms with Gasteiger partial charge in [0, 0.05) is 12.5 Å². The topological polar surface area (TPSA) is 150 Å². The summed E-state index contributed by atoms with van der Waals surface area (Å²) in [5.41, 5.74) is 0.